The van der Waals surface area contributed by atoms with Crippen LogP contribution >= 0.6 is 23.9 Å². The van der Waals surface area contributed by atoms with E-state index in [1.807, 2.05) is 23.9 Å². The van der Waals surface area contributed by atoms with Gasteiger partial charge in [0.25, 0.3) is 0 Å². The fourth-order valence-electron chi connectivity index (χ4n) is 1.72. The van der Waals surface area contributed by atoms with Crippen molar-refractivity contribution >= 4 is 23.9 Å². The molecule has 1 fully saturated rings. The van der Waals surface area contributed by atoms with Gasteiger partial charge in [-0.3, -0.25) is 0 Å². The highest BCUT2D eigenvalue weighted by atomic mass is 32.2. The summed E-state index contributed by atoms with van der Waals surface area (Å²) in [4.78, 5) is 0. The maximum Gasteiger partial charge on any atom is 0.0819 e. The molecule has 4 heteroatoms. The molecule has 0 saturated carbocycles. The van der Waals surface area contributed by atoms with Crippen LogP contribution in [-0.2, 0) is 0 Å². The summed E-state index contributed by atoms with van der Waals surface area (Å²) in [6.45, 7) is 7.02. The Labute approximate surface area is 90.7 Å². The molecule has 13 heavy (non-hydrogen) atoms. The van der Waals surface area contributed by atoms with Gasteiger partial charge in [0.2, 0.25) is 0 Å². The highest BCUT2D eigenvalue weighted by Gasteiger charge is 2.31. The minimum absolute atomic E-state index is 0.644. The first kappa shape index (κ1) is 11.7. The lowest BCUT2D eigenvalue weighted by atomic mass is 10.1. The van der Waals surface area contributed by atoms with E-state index in [1.165, 1.54) is 19.5 Å². The van der Waals surface area contributed by atoms with E-state index >= 15 is 0 Å². The molecule has 1 rings (SSSR count). The Morgan fingerprint density at radius 3 is 1.92 bits per heavy atom. The summed E-state index contributed by atoms with van der Waals surface area (Å²) in [5.74, 6) is 0.785. The van der Waals surface area contributed by atoms with E-state index in [0.29, 0.717) is 6.17 Å². The predicted molar refractivity (Wildman–Crippen MR) is 63.7 cm³/mol. The summed E-state index contributed by atoms with van der Waals surface area (Å²) < 4.78 is 4.99. The molecule has 0 spiro atoms. The summed E-state index contributed by atoms with van der Waals surface area (Å²) >= 11 is 3.76. The fourth-order valence-corrected chi connectivity index (χ4v) is 3.20. The van der Waals surface area contributed by atoms with Crippen LogP contribution in [0.5, 0.6) is 0 Å². The molecule has 0 atom stereocenters. The van der Waals surface area contributed by atoms with Crippen molar-refractivity contribution < 1.29 is 0 Å². The van der Waals surface area contributed by atoms with Crippen LogP contribution in [0.25, 0.3) is 0 Å². The van der Waals surface area contributed by atoms with Crippen molar-refractivity contribution in [2.75, 3.05) is 25.6 Å². The molecule has 0 unspecified atom stereocenters. The Morgan fingerprint density at radius 1 is 1.15 bits per heavy atom. The molecule has 1 aliphatic rings. The third kappa shape index (κ3) is 3.05. The van der Waals surface area contributed by atoms with Crippen molar-refractivity contribution in [2.24, 2.45) is 5.92 Å². The molecule has 0 aromatic heterocycles. The van der Waals surface area contributed by atoms with E-state index in [0.717, 1.165) is 5.92 Å². The smallest absolute Gasteiger partial charge is 0.0819 e. The van der Waals surface area contributed by atoms with Crippen LogP contribution in [0.1, 0.15) is 20.3 Å². The molecular weight excluding hydrogens is 200 g/mol. The van der Waals surface area contributed by atoms with Crippen molar-refractivity contribution in [3.05, 3.63) is 0 Å². The second-order valence-electron chi connectivity index (χ2n) is 3.76. The number of nitrogens with zero attached hydrogens (tertiary/aromatic N) is 2. The quantitative estimate of drug-likeness (QED) is 0.671. The molecule has 0 aromatic rings. The number of rotatable bonds is 4. The first-order valence-electron chi connectivity index (χ1n) is 4.80. The van der Waals surface area contributed by atoms with E-state index in [9.17, 15) is 0 Å². The van der Waals surface area contributed by atoms with Gasteiger partial charge in [-0.25, -0.2) is 8.61 Å². The largest absolute Gasteiger partial charge is 0.232 e. The zero-order chi connectivity index (χ0) is 9.84. The summed E-state index contributed by atoms with van der Waals surface area (Å²) in [7, 11) is 0. The molecular formula is C9H20N2S2. The van der Waals surface area contributed by atoms with Crippen molar-refractivity contribution in [2.45, 2.75) is 26.4 Å². The molecule has 0 N–H and O–H groups in total. The van der Waals surface area contributed by atoms with Crippen LogP contribution in [0.15, 0.2) is 0 Å². The first-order valence-corrected chi connectivity index (χ1v) is 7.16. The summed E-state index contributed by atoms with van der Waals surface area (Å²) in [6, 6.07) is 0. The van der Waals surface area contributed by atoms with Gasteiger partial charge in [-0.1, -0.05) is 37.7 Å². The summed E-state index contributed by atoms with van der Waals surface area (Å²) in [6.07, 6.45) is 6.28. The van der Waals surface area contributed by atoms with Gasteiger partial charge in [0.1, 0.15) is 0 Å². The molecule has 0 bridgehead atoms. The van der Waals surface area contributed by atoms with Crippen LogP contribution in [0, 0.1) is 5.92 Å². The molecule has 0 aromatic carbocycles. The van der Waals surface area contributed by atoms with Gasteiger partial charge >= 0.3 is 0 Å². The highest BCUT2D eigenvalue weighted by molar-refractivity contribution is 7.97. The topological polar surface area (TPSA) is 6.48 Å². The van der Waals surface area contributed by atoms with Crippen LogP contribution < -0.4 is 0 Å². The van der Waals surface area contributed by atoms with Gasteiger partial charge in [0, 0.05) is 13.1 Å². The first-order chi connectivity index (χ1) is 6.19. The van der Waals surface area contributed by atoms with E-state index < -0.39 is 0 Å². The van der Waals surface area contributed by atoms with Gasteiger partial charge in [-0.2, -0.15) is 0 Å². The zero-order valence-electron chi connectivity index (χ0n) is 8.99. The van der Waals surface area contributed by atoms with Gasteiger partial charge in [0.15, 0.2) is 0 Å². The summed E-state index contributed by atoms with van der Waals surface area (Å²) in [5.41, 5.74) is 0. The molecule has 0 radical (unpaired) electrons. The standard InChI is InChI=1S/C9H20N2S2/c1-8(2)7-9-10(12-3)5-6-11(9)13-4/h8-9H,5-7H2,1-4H3. The maximum atomic E-state index is 2.50. The molecule has 1 saturated heterocycles. The van der Waals surface area contributed by atoms with Crippen molar-refractivity contribution in [3.63, 3.8) is 0 Å². The highest BCUT2D eigenvalue weighted by Crippen LogP contribution is 2.29. The Hall–Kier alpha value is 0.620. The lowest BCUT2D eigenvalue weighted by molar-refractivity contribution is 0.274. The van der Waals surface area contributed by atoms with Crippen LogP contribution in [0.4, 0.5) is 0 Å². The minimum Gasteiger partial charge on any atom is -0.232 e. The SMILES string of the molecule is CSN1CCN(SC)C1CC(C)C. The number of hydrogen-bond acceptors (Lipinski definition) is 4. The second-order valence-corrected chi connectivity index (χ2v) is 5.43. The van der Waals surface area contributed by atoms with Crippen LogP contribution in [-0.4, -0.2) is 40.4 Å². The lowest BCUT2D eigenvalue weighted by Gasteiger charge is -2.28. The Kier molecular flexibility index (Phi) is 4.94. The van der Waals surface area contributed by atoms with E-state index in [-0.39, 0.29) is 0 Å². The molecule has 1 aliphatic heterocycles. The van der Waals surface area contributed by atoms with Crippen molar-refractivity contribution in [3.8, 4) is 0 Å². The third-order valence-electron chi connectivity index (χ3n) is 2.36. The Balaban J connectivity index is 2.51. The zero-order valence-corrected chi connectivity index (χ0v) is 10.6. The average molecular weight is 220 g/mol. The van der Waals surface area contributed by atoms with Gasteiger partial charge < -0.3 is 0 Å². The number of hydrogen-bond donors (Lipinski definition) is 0. The average Bonchev–Trinajstić information content (AvgIpc) is 2.46. The molecule has 1 heterocycles. The van der Waals surface area contributed by atoms with E-state index in [1.54, 1.807) is 0 Å². The van der Waals surface area contributed by atoms with Crippen molar-refractivity contribution in [1.82, 2.24) is 8.61 Å². The lowest BCUT2D eigenvalue weighted by Crippen LogP contribution is -2.32. The second kappa shape index (κ2) is 5.49. The maximum absolute atomic E-state index is 2.50. The van der Waals surface area contributed by atoms with Gasteiger partial charge in [-0.05, 0) is 24.9 Å². The van der Waals surface area contributed by atoms with E-state index in [4.69, 9.17) is 0 Å². The Bertz CT molecular complexity index is 141. The van der Waals surface area contributed by atoms with Crippen LogP contribution in [0.3, 0.4) is 0 Å². The predicted octanol–water partition coefficient (Wildman–Crippen LogP) is 2.53. The fraction of sp³-hybridized carbons (Fsp3) is 1.00. The van der Waals surface area contributed by atoms with Gasteiger partial charge in [-0.15, -0.1) is 0 Å². The molecule has 0 aliphatic carbocycles. The molecule has 2 nitrogen and oxygen atoms in total. The Morgan fingerprint density at radius 2 is 1.62 bits per heavy atom. The minimum atomic E-state index is 0.644. The van der Waals surface area contributed by atoms with Crippen molar-refractivity contribution in [1.29, 1.82) is 0 Å². The van der Waals surface area contributed by atoms with Gasteiger partial charge in [0.05, 0.1) is 6.17 Å². The molecule has 78 valence electrons. The normalized spacial score (nSPS) is 21.9. The molecule has 0 amide bonds. The van der Waals surface area contributed by atoms with E-state index in [2.05, 4.69) is 35.0 Å². The monoisotopic (exact) mass is 220 g/mol. The summed E-state index contributed by atoms with van der Waals surface area (Å²) in [5, 5.41) is 0. The van der Waals surface area contributed by atoms with Crippen LogP contribution in [0.2, 0.25) is 0 Å². The third-order valence-corrected chi connectivity index (χ3v) is 4.15.